The number of carbonyl (C=O) groups is 2. The molecule has 3 N–H and O–H groups in total. The first-order valence-corrected chi connectivity index (χ1v) is 9.86. The summed E-state index contributed by atoms with van der Waals surface area (Å²) >= 11 is 2.59. The molecule has 0 unspecified atom stereocenters. The van der Waals surface area contributed by atoms with Gasteiger partial charge < -0.3 is 10.5 Å². The zero-order valence-electron chi connectivity index (χ0n) is 14.9. The second-order valence-electron chi connectivity index (χ2n) is 5.60. The van der Waals surface area contributed by atoms with Crippen molar-refractivity contribution in [1.82, 2.24) is 14.9 Å². The van der Waals surface area contributed by atoms with E-state index in [2.05, 4.69) is 4.98 Å². The molecule has 0 radical (unpaired) electrons. The number of urea groups is 1. The van der Waals surface area contributed by atoms with E-state index in [1.807, 2.05) is 18.3 Å². The van der Waals surface area contributed by atoms with Crippen LogP contribution >= 0.6 is 23.1 Å². The van der Waals surface area contributed by atoms with Gasteiger partial charge in [-0.3, -0.25) is 19.5 Å². The lowest BCUT2D eigenvalue weighted by atomic mass is 10.3. The number of thioether (sulfide) groups is 1. The summed E-state index contributed by atoms with van der Waals surface area (Å²) in [5.41, 5.74) is 4.86. The van der Waals surface area contributed by atoms with Gasteiger partial charge in [-0.25, -0.2) is 9.78 Å². The number of nitrogens with two attached hydrogens (primary N) is 1. The lowest BCUT2D eigenvalue weighted by molar-refractivity contribution is -0.119. The summed E-state index contributed by atoms with van der Waals surface area (Å²) in [4.78, 5) is 42.1. The number of primary amides is 1. The van der Waals surface area contributed by atoms with Crippen LogP contribution in [-0.4, -0.2) is 40.5 Å². The van der Waals surface area contributed by atoms with Crippen molar-refractivity contribution in [2.45, 2.75) is 43.6 Å². The summed E-state index contributed by atoms with van der Waals surface area (Å²) in [6.45, 7) is 4.59. The van der Waals surface area contributed by atoms with Gasteiger partial charge in [-0.2, -0.15) is 0 Å². The molecule has 0 aliphatic carbocycles. The van der Waals surface area contributed by atoms with Crippen LogP contribution in [0, 0.1) is 0 Å². The number of ether oxygens (including phenoxy) is 1. The minimum atomic E-state index is -0.908. The number of rotatable bonds is 8. The van der Waals surface area contributed by atoms with Crippen molar-refractivity contribution in [2.75, 3.05) is 13.7 Å². The Balaban J connectivity index is 2.40. The Bertz CT molecular complexity index is 862. The molecule has 3 amide bonds. The highest BCUT2D eigenvalue weighted by Crippen LogP contribution is 2.27. The fourth-order valence-corrected chi connectivity index (χ4v) is 4.25. The van der Waals surface area contributed by atoms with Gasteiger partial charge in [0.05, 0.1) is 10.6 Å². The molecular weight excluding hydrogens is 376 g/mol. The van der Waals surface area contributed by atoms with Crippen LogP contribution < -0.4 is 16.6 Å². The standard InChI is InChI=1S/C16H22N4O4S2/c1-4-10-8-11-13(26-10)19-16(20(14(11)22)6-5-7-24-3)25-9(2)12(21)18-15(17)23/h8-9H,4-7H2,1-3H3,(H3,17,18,21,23)/t9-/m1/s1. The van der Waals surface area contributed by atoms with E-state index in [0.717, 1.165) is 23.1 Å². The average Bonchev–Trinajstić information content (AvgIpc) is 3.00. The largest absolute Gasteiger partial charge is 0.385 e. The average molecular weight is 399 g/mol. The molecule has 8 nitrogen and oxygen atoms in total. The van der Waals surface area contributed by atoms with Crippen molar-refractivity contribution in [2.24, 2.45) is 5.73 Å². The second-order valence-corrected chi connectivity index (χ2v) is 8.02. The number of nitrogens with zero attached hydrogens (tertiary/aromatic N) is 2. The van der Waals surface area contributed by atoms with E-state index < -0.39 is 17.2 Å². The van der Waals surface area contributed by atoms with Crippen LogP contribution in [0.4, 0.5) is 4.79 Å². The Hall–Kier alpha value is -1.91. The van der Waals surface area contributed by atoms with Crippen LogP contribution in [0.1, 0.15) is 25.1 Å². The van der Waals surface area contributed by atoms with Gasteiger partial charge in [0.1, 0.15) is 4.83 Å². The van der Waals surface area contributed by atoms with Crippen molar-refractivity contribution >= 4 is 45.3 Å². The monoisotopic (exact) mass is 398 g/mol. The van der Waals surface area contributed by atoms with Crippen LogP contribution in [0.3, 0.4) is 0 Å². The SMILES string of the molecule is CCc1cc2c(=O)n(CCCOC)c(S[C@H](C)C(=O)NC(N)=O)nc2s1. The summed E-state index contributed by atoms with van der Waals surface area (Å²) in [7, 11) is 1.60. The third-order valence-electron chi connectivity index (χ3n) is 3.64. The lowest BCUT2D eigenvalue weighted by Crippen LogP contribution is -2.39. The molecule has 0 aliphatic heterocycles. The maximum absolute atomic E-state index is 12.9. The number of aromatic nitrogens is 2. The first kappa shape index (κ1) is 20.4. The van der Waals surface area contributed by atoms with Crippen molar-refractivity contribution in [3.63, 3.8) is 0 Å². The number of carbonyl (C=O) groups excluding carboxylic acids is 2. The molecule has 0 aliphatic rings. The van der Waals surface area contributed by atoms with Gasteiger partial charge in [0.2, 0.25) is 5.91 Å². The van der Waals surface area contributed by atoms with E-state index in [0.29, 0.717) is 34.9 Å². The van der Waals surface area contributed by atoms with Gasteiger partial charge in [-0.15, -0.1) is 11.3 Å². The molecule has 10 heteroatoms. The third-order valence-corrected chi connectivity index (χ3v) is 5.91. The molecule has 2 aromatic rings. The van der Waals surface area contributed by atoms with Gasteiger partial charge in [0, 0.05) is 25.1 Å². The highest BCUT2D eigenvalue weighted by molar-refractivity contribution is 8.00. The van der Waals surface area contributed by atoms with E-state index in [9.17, 15) is 14.4 Å². The van der Waals surface area contributed by atoms with E-state index >= 15 is 0 Å². The van der Waals surface area contributed by atoms with Gasteiger partial charge >= 0.3 is 6.03 Å². The molecule has 26 heavy (non-hydrogen) atoms. The molecule has 0 spiro atoms. The smallest absolute Gasteiger partial charge is 0.318 e. The highest BCUT2D eigenvalue weighted by Gasteiger charge is 2.21. The normalized spacial score (nSPS) is 12.3. The molecule has 2 aromatic heterocycles. The van der Waals surface area contributed by atoms with Gasteiger partial charge in [-0.05, 0) is 25.8 Å². The molecule has 2 heterocycles. The summed E-state index contributed by atoms with van der Waals surface area (Å²) in [5, 5.41) is 2.44. The maximum atomic E-state index is 12.9. The third kappa shape index (κ3) is 4.83. The number of methoxy groups -OCH3 is 1. The molecule has 1 atom stereocenters. The van der Waals surface area contributed by atoms with Crippen LogP contribution in [-0.2, 0) is 22.5 Å². The number of nitrogens with one attached hydrogen (secondary N) is 1. The Kier molecular flexibility index (Phi) is 7.18. The lowest BCUT2D eigenvalue weighted by Gasteiger charge is -2.14. The topological polar surface area (TPSA) is 116 Å². The molecule has 0 saturated carbocycles. The summed E-state index contributed by atoms with van der Waals surface area (Å²) < 4.78 is 6.62. The van der Waals surface area contributed by atoms with E-state index in [1.54, 1.807) is 18.6 Å². The van der Waals surface area contributed by atoms with Crippen LogP contribution in [0.15, 0.2) is 16.0 Å². The first-order valence-electron chi connectivity index (χ1n) is 8.16. The Morgan fingerprint density at radius 1 is 1.50 bits per heavy atom. The van der Waals surface area contributed by atoms with E-state index in [1.165, 1.54) is 11.3 Å². The minimum Gasteiger partial charge on any atom is -0.385 e. The predicted molar refractivity (Wildman–Crippen MR) is 103 cm³/mol. The zero-order valence-corrected chi connectivity index (χ0v) is 16.5. The molecular formula is C16H22N4O4S2. The number of hydrogen-bond acceptors (Lipinski definition) is 7. The van der Waals surface area contributed by atoms with Crippen LogP contribution in [0.2, 0.25) is 0 Å². The molecule has 142 valence electrons. The summed E-state index contributed by atoms with van der Waals surface area (Å²) in [5.74, 6) is -0.527. The molecule has 0 bridgehead atoms. The molecule has 2 rings (SSSR count). The van der Waals surface area contributed by atoms with Gasteiger partial charge in [0.25, 0.3) is 5.56 Å². The van der Waals surface area contributed by atoms with Crippen LogP contribution in [0.5, 0.6) is 0 Å². The minimum absolute atomic E-state index is 0.132. The number of amides is 3. The predicted octanol–water partition coefficient (Wildman–Crippen LogP) is 1.73. The van der Waals surface area contributed by atoms with Gasteiger partial charge in [-0.1, -0.05) is 18.7 Å². The number of hydrogen-bond donors (Lipinski definition) is 2. The van der Waals surface area contributed by atoms with Crippen LogP contribution in [0.25, 0.3) is 10.2 Å². The number of thiophene rings is 1. The fraction of sp³-hybridized carbons (Fsp3) is 0.500. The van der Waals surface area contributed by atoms with Crippen molar-refractivity contribution < 1.29 is 14.3 Å². The number of fused-ring (bicyclic) bond motifs is 1. The Morgan fingerprint density at radius 2 is 2.23 bits per heavy atom. The van der Waals surface area contributed by atoms with Gasteiger partial charge in [0.15, 0.2) is 5.16 Å². The van der Waals surface area contributed by atoms with E-state index in [-0.39, 0.29) is 5.56 Å². The van der Waals surface area contributed by atoms with Crippen molar-refractivity contribution in [1.29, 1.82) is 0 Å². The van der Waals surface area contributed by atoms with Crippen molar-refractivity contribution in [3.05, 3.63) is 21.3 Å². The Morgan fingerprint density at radius 3 is 2.85 bits per heavy atom. The first-order chi connectivity index (χ1) is 12.4. The zero-order chi connectivity index (χ0) is 19.3. The van der Waals surface area contributed by atoms with E-state index in [4.69, 9.17) is 10.5 Å². The number of aryl methyl sites for hydroxylation is 1. The molecule has 0 saturated heterocycles. The second kappa shape index (κ2) is 9.15. The quantitative estimate of drug-likeness (QED) is 0.397. The highest BCUT2D eigenvalue weighted by atomic mass is 32.2. The number of imide groups is 1. The Labute approximate surface area is 159 Å². The summed E-state index contributed by atoms with van der Waals surface area (Å²) in [6, 6.07) is 0.967. The van der Waals surface area contributed by atoms with Crippen molar-refractivity contribution in [3.8, 4) is 0 Å². The molecule has 0 aromatic carbocycles. The maximum Gasteiger partial charge on any atom is 0.318 e. The summed E-state index contributed by atoms with van der Waals surface area (Å²) in [6.07, 6.45) is 1.47. The molecule has 0 fully saturated rings. The fourth-order valence-electron chi connectivity index (χ4n) is 2.31.